The average Bonchev–Trinajstić information content (AvgIpc) is 2.71. The smallest absolute Gasteiger partial charge is 0.251 e. The van der Waals surface area contributed by atoms with Crippen LogP contribution in [-0.4, -0.2) is 36.1 Å². The fraction of sp³-hybridized carbons (Fsp3) is 0.421. The number of amides is 1. The summed E-state index contributed by atoms with van der Waals surface area (Å²) in [6, 6.07) is 5.63. The molecule has 0 atom stereocenters. The third-order valence-electron chi connectivity index (χ3n) is 4.63. The molecule has 1 aliphatic rings. The van der Waals surface area contributed by atoms with Crippen LogP contribution in [0, 0.1) is 0 Å². The number of benzene rings is 1. The zero-order valence-corrected chi connectivity index (χ0v) is 17.1. The Bertz CT molecular complexity index is 809. The number of aromatic nitrogens is 2. The van der Waals surface area contributed by atoms with E-state index in [-0.39, 0.29) is 5.91 Å². The molecule has 1 saturated carbocycles. The normalized spacial score (nSPS) is 14.5. The van der Waals surface area contributed by atoms with Crippen molar-refractivity contribution in [3.05, 3.63) is 34.4 Å². The van der Waals surface area contributed by atoms with Crippen molar-refractivity contribution in [1.29, 1.82) is 0 Å². The van der Waals surface area contributed by atoms with Crippen molar-refractivity contribution in [3.63, 3.8) is 0 Å². The molecule has 1 fully saturated rings. The first-order chi connectivity index (χ1) is 13.1. The van der Waals surface area contributed by atoms with Crippen molar-refractivity contribution in [2.75, 3.05) is 24.8 Å². The van der Waals surface area contributed by atoms with Gasteiger partial charge in [0.1, 0.15) is 11.6 Å². The minimum Gasteiger partial charge on any atom is -0.495 e. The number of ether oxygens (including phenoxy) is 1. The second kappa shape index (κ2) is 9.03. The fourth-order valence-corrected chi connectivity index (χ4v) is 3.47. The van der Waals surface area contributed by atoms with Gasteiger partial charge in [0, 0.05) is 24.8 Å². The van der Waals surface area contributed by atoms with Crippen molar-refractivity contribution in [1.82, 2.24) is 15.3 Å². The Morgan fingerprint density at radius 2 is 2.04 bits per heavy atom. The largest absolute Gasteiger partial charge is 0.495 e. The number of carbonyl (C=O) groups is 1. The van der Waals surface area contributed by atoms with Gasteiger partial charge >= 0.3 is 0 Å². The van der Waals surface area contributed by atoms with E-state index in [4.69, 9.17) is 4.74 Å². The fourth-order valence-electron chi connectivity index (χ4n) is 3.17. The van der Waals surface area contributed by atoms with E-state index in [2.05, 4.69) is 41.8 Å². The Kier molecular flexibility index (Phi) is 6.49. The van der Waals surface area contributed by atoms with Crippen LogP contribution in [0.4, 0.5) is 17.5 Å². The molecule has 1 aromatic carbocycles. The predicted molar refractivity (Wildman–Crippen MR) is 110 cm³/mol. The summed E-state index contributed by atoms with van der Waals surface area (Å²) in [5.41, 5.74) is 1.22. The van der Waals surface area contributed by atoms with E-state index >= 15 is 0 Å². The quantitative estimate of drug-likeness (QED) is 0.635. The van der Waals surface area contributed by atoms with Crippen LogP contribution >= 0.6 is 15.9 Å². The lowest BCUT2D eigenvalue weighted by molar-refractivity contribution is 0.0963. The number of hydrogen-bond acceptors (Lipinski definition) is 6. The first-order valence-corrected chi connectivity index (χ1v) is 9.86. The molecule has 1 aliphatic carbocycles. The summed E-state index contributed by atoms with van der Waals surface area (Å²) in [6.07, 6.45) is 7.86. The first-order valence-electron chi connectivity index (χ1n) is 9.07. The molecule has 0 radical (unpaired) electrons. The van der Waals surface area contributed by atoms with Crippen LogP contribution in [0.3, 0.4) is 0 Å². The molecule has 7 nitrogen and oxygen atoms in total. The van der Waals surface area contributed by atoms with Crippen LogP contribution in [0.5, 0.6) is 5.75 Å². The lowest BCUT2D eigenvalue weighted by Crippen LogP contribution is -2.23. The van der Waals surface area contributed by atoms with Gasteiger partial charge in [-0.3, -0.25) is 4.79 Å². The van der Waals surface area contributed by atoms with Crippen LogP contribution in [0.25, 0.3) is 0 Å². The molecule has 0 unspecified atom stereocenters. The van der Waals surface area contributed by atoms with Crippen molar-refractivity contribution in [3.8, 4) is 5.75 Å². The predicted octanol–water partition coefficient (Wildman–Crippen LogP) is 4.10. The van der Waals surface area contributed by atoms with Gasteiger partial charge in [-0.2, -0.15) is 4.98 Å². The van der Waals surface area contributed by atoms with Crippen molar-refractivity contribution >= 4 is 39.3 Å². The molecular formula is C19H24BrN5O2. The third-order valence-corrected chi connectivity index (χ3v) is 5.21. The number of anilines is 3. The number of nitrogens with one attached hydrogen (secondary N) is 3. The standard InChI is InChI=1S/C19H24BrN5O2/c1-21-18(26)12-8-9-15(16(10-12)27-2)24-19-22-11-14(20)17(25-19)23-13-6-4-3-5-7-13/h8-11,13H,3-7H2,1-2H3,(H,21,26)(H2,22,23,24,25). The average molecular weight is 434 g/mol. The molecule has 3 rings (SSSR count). The molecule has 1 amide bonds. The lowest BCUT2D eigenvalue weighted by Gasteiger charge is -2.24. The van der Waals surface area contributed by atoms with Gasteiger partial charge in [-0.05, 0) is 47.0 Å². The van der Waals surface area contributed by atoms with E-state index in [9.17, 15) is 4.79 Å². The maximum absolute atomic E-state index is 11.8. The summed E-state index contributed by atoms with van der Waals surface area (Å²) in [6.45, 7) is 0. The van der Waals surface area contributed by atoms with Gasteiger partial charge < -0.3 is 20.7 Å². The molecule has 1 heterocycles. The Morgan fingerprint density at radius 3 is 2.74 bits per heavy atom. The maximum atomic E-state index is 11.8. The van der Waals surface area contributed by atoms with Gasteiger partial charge in [0.05, 0.1) is 17.3 Å². The summed E-state index contributed by atoms with van der Waals surface area (Å²) >= 11 is 3.52. The molecule has 0 bridgehead atoms. The van der Waals surface area contributed by atoms with E-state index in [1.54, 1.807) is 38.6 Å². The van der Waals surface area contributed by atoms with Gasteiger partial charge in [-0.25, -0.2) is 4.98 Å². The zero-order chi connectivity index (χ0) is 19.2. The highest BCUT2D eigenvalue weighted by Crippen LogP contribution is 2.30. The summed E-state index contributed by atoms with van der Waals surface area (Å²) in [7, 11) is 3.16. The lowest BCUT2D eigenvalue weighted by atomic mass is 9.95. The highest BCUT2D eigenvalue weighted by atomic mass is 79.9. The van der Waals surface area contributed by atoms with Crippen LogP contribution in [0.1, 0.15) is 42.5 Å². The Hall–Kier alpha value is -2.35. The maximum Gasteiger partial charge on any atom is 0.251 e. The molecule has 0 spiro atoms. The number of methoxy groups -OCH3 is 1. The van der Waals surface area contributed by atoms with E-state index in [1.165, 1.54) is 19.3 Å². The molecule has 3 N–H and O–H groups in total. The number of nitrogens with zero attached hydrogens (tertiary/aromatic N) is 2. The molecule has 8 heteroatoms. The number of hydrogen-bond donors (Lipinski definition) is 3. The Balaban J connectivity index is 1.79. The van der Waals surface area contributed by atoms with E-state index in [0.717, 1.165) is 23.1 Å². The van der Waals surface area contributed by atoms with Crippen molar-refractivity contribution in [2.24, 2.45) is 0 Å². The molecule has 0 saturated heterocycles. The summed E-state index contributed by atoms with van der Waals surface area (Å²) in [5, 5.41) is 9.29. The first kappa shape index (κ1) is 19.4. The van der Waals surface area contributed by atoms with E-state index in [1.807, 2.05) is 0 Å². The highest BCUT2D eigenvalue weighted by Gasteiger charge is 2.16. The minimum atomic E-state index is -0.168. The SMILES string of the molecule is CNC(=O)c1ccc(Nc2ncc(Br)c(NC3CCCCC3)n2)c(OC)c1. The van der Waals surface area contributed by atoms with Gasteiger partial charge in [0.15, 0.2) is 0 Å². The molecule has 1 aromatic heterocycles. The van der Waals surface area contributed by atoms with Crippen molar-refractivity contribution in [2.45, 2.75) is 38.1 Å². The van der Waals surface area contributed by atoms with Crippen molar-refractivity contribution < 1.29 is 9.53 Å². The second-order valence-electron chi connectivity index (χ2n) is 6.49. The van der Waals surface area contributed by atoms with Crippen LogP contribution in [-0.2, 0) is 0 Å². The molecule has 0 aliphatic heterocycles. The Labute approximate surface area is 167 Å². The number of halogens is 1. The zero-order valence-electron chi connectivity index (χ0n) is 15.5. The molecule has 144 valence electrons. The van der Waals surface area contributed by atoms with Crippen LogP contribution < -0.4 is 20.7 Å². The monoisotopic (exact) mass is 433 g/mol. The third kappa shape index (κ3) is 4.88. The van der Waals surface area contributed by atoms with E-state index in [0.29, 0.717) is 29.0 Å². The minimum absolute atomic E-state index is 0.168. The molecular weight excluding hydrogens is 410 g/mol. The van der Waals surface area contributed by atoms with E-state index < -0.39 is 0 Å². The van der Waals surface area contributed by atoms with Crippen LogP contribution in [0.15, 0.2) is 28.9 Å². The van der Waals surface area contributed by atoms with Gasteiger partial charge in [0.2, 0.25) is 5.95 Å². The van der Waals surface area contributed by atoms with Gasteiger partial charge in [0.25, 0.3) is 5.91 Å². The summed E-state index contributed by atoms with van der Waals surface area (Å²) in [5.74, 6) is 1.62. The Morgan fingerprint density at radius 1 is 1.26 bits per heavy atom. The second-order valence-corrected chi connectivity index (χ2v) is 7.34. The molecule has 2 aromatic rings. The van der Waals surface area contributed by atoms with Gasteiger partial charge in [-0.15, -0.1) is 0 Å². The number of carbonyl (C=O) groups excluding carboxylic acids is 1. The number of rotatable bonds is 6. The van der Waals surface area contributed by atoms with Gasteiger partial charge in [-0.1, -0.05) is 19.3 Å². The van der Waals surface area contributed by atoms with Crippen LogP contribution in [0.2, 0.25) is 0 Å². The highest BCUT2D eigenvalue weighted by molar-refractivity contribution is 9.10. The summed E-state index contributed by atoms with van der Waals surface area (Å²) in [4.78, 5) is 20.7. The molecule has 27 heavy (non-hydrogen) atoms. The summed E-state index contributed by atoms with van der Waals surface area (Å²) < 4.78 is 6.24. The topological polar surface area (TPSA) is 88.2 Å².